The highest BCUT2D eigenvalue weighted by atomic mass is 32.2. The molecule has 15 heteroatoms. The molecule has 10 nitrogen and oxygen atoms in total. The third-order valence-electron chi connectivity index (χ3n) is 4.75. The van der Waals surface area contributed by atoms with E-state index in [9.17, 15) is 34.8 Å². The molecule has 2 aromatic rings. The Kier molecular flexibility index (Phi) is 7.73. The lowest BCUT2D eigenvalue weighted by atomic mass is 10.2. The first-order chi connectivity index (χ1) is 16.8. The predicted octanol–water partition coefficient (Wildman–Crippen LogP) is 3.98. The predicted molar refractivity (Wildman–Crippen MR) is 127 cm³/mol. The third kappa shape index (κ3) is 7.49. The van der Waals surface area contributed by atoms with E-state index in [0.717, 1.165) is 28.8 Å². The van der Waals surface area contributed by atoms with Gasteiger partial charge in [-0.05, 0) is 57.2 Å². The molecular formula is C22H25F3N2O8S2. The first kappa shape index (κ1) is 28.5. The highest BCUT2D eigenvalue weighted by Crippen LogP contribution is 2.40. The van der Waals surface area contributed by atoms with Crippen molar-refractivity contribution < 1.29 is 48.5 Å². The lowest BCUT2D eigenvalue weighted by molar-refractivity contribution is -0.137. The first-order valence-corrected chi connectivity index (χ1v) is 14.0. The number of ether oxygens (including phenoxy) is 2. The summed E-state index contributed by atoms with van der Waals surface area (Å²) in [5, 5.41) is 2.45. The van der Waals surface area contributed by atoms with Crippen LogP contribution in [-0.4, -0.2) is 54.0 Å². The number of nitrogens with zero attached hydrogens (tertiary/aromatic N) is 1. The third-order valence-corrected chi connectivity index (χ3v) is 7.09. The minimum Gasteiger partial charge on any atom is -0.484 e. The molecule has 0 spiro atoms. The van der Waals surface area contributed by atoms with Gasteiger partial charge in [0.2, 0.25) is 0 Å². The second-order valence-corrected chi connectivity index (χ2v) is 12.6. The molecule has 0 bridgehead atoms. The Balaban J connectivity index is 2.04. The van der Waals surface area contributed by atoms with Crippen LogP contribution in [-0.2, 0) is 35.2 Å². The van der Waals surface area contributed by atoms with Crippen molar-refractivity contribution in [3.63, 3.8) is 0 Å². The summed E-state index contributed by atoms with van der Waals surface area (Å²) in [6, 6.07) is 7.15. The Bertz CT molecular complexity index is 1390. The Morgan fingerprint density at radius 1 is 1.11 bits per heavy atom. The molecule has 1 aliphatic heterocycles. The van der Waals surface area contributed by atoms with Crippen molar-refractivity contribution in [3.8, 4) is 5.75 Å². The number of carbonyl (C=O) groups excluding carboxylic acids is 1. The number of benzene rings is 2. The van der Waals surface area contributed by atoms with Crippen molar-refractivity contribution >= 4 is 37.6 Å². The van der Waals surface area contributed by atoms with Crippen LogP contribution in [0.15, 0.2) is 47.4 Å². The van der Waals surface area contributed by atoms with Gasteiger partial charge in [0.15, 0.2) is 0 Å². The van der Waals surface area contributed by atoms with E-state index in [1.54, 1.807) is 20.8 Å². The fraction of sp³-hybridized carbons (Fsp3) is 0.409. The zero-order valence-corrected chi connectivity index (χ0v) is 21.8. The molecule has 1 amide bonds. The molecule has 0 saturated heterocycles. The molecule has 204 valence electrons. The standard InChI is InChI=1S/C22H25F3N2O8S2/c1-21(2,3)35-20(28)26-15-8-9-19-18(11-15)27(12-16(34-19)13-33-36(4,29)30)37(31,32)17-7-5-6-14(10-17)22(23,24)25/h5-11,16H,12-13H2,1-4H3,(H,26,28). The number of anilines is 2. The van der Waals surface area contributed by atoms with Gasteiger partial charge in [-0.2, -0.15) is 21.6 Å². The van der Waals surface area contributed by atoms with Gasteiger partial charge < -0.3 is 9.47 Å². The molecule has 0 fully saturated rings. The Labute approximate surface area is 212 Å². The second-order valence-electron chi connectivity index (χ2n) is 9.10. The highest BCUT2D eigenvalue weighted by molar-refractivity contribution is 7.92. The number of alkyl halides is 3. The van der Waals surface area contributed by atoms with E-state index in [4.69, 9.17) is 13.7 Å². The minimum atomic E-state index is -4.79. The average Bonchev–Trinajstić information content (AvgIpc) is 2.75. The van der Waals surface area contributed by atoms with Crippen molar-refractivity contribution in [3.05, 3.63) is 48.0 Å². The van der Waals surface area contributed by atoms with E-state index in [1.165, 1.54) is 18.2 Å². The molecule has 1 heterocycles. The fourth-order valence-electron chi connectivity index (χ4n) is 3.29. The second kappa shape index (κ2) is 10.0. The Morgan fingerprint density at radius 3 is 2.38 bits per heavy atom. The summed E-state index contributed by atoms with van der Waals surface area (Å²) in [6.45, 7) is 3.90. The van der Waals surface area contributed by atoms with Gasteiger partial charge in [0.25, 0.3) is 20.1 Å². The Morgan fingerprint density at radius 2 is 1.78 bits per heavy atom. The van der Waals surface area contributed by atoms with Crippen LogP contribution in [0.5, 0.6) is 5.75 Å². The molecule has 0 aromatic heterocycles. The smallest absolute Gasteiger partial charge is 0.416 e. The maximum absolute atomic E-state index is 13.5. The summed E-state index contributed by atoms with van der Waals surface area (Å²) in [7, 11) is -8.51. The molecule has 1 unspecified atom stereocenters. The molecule has 1 aliphatic rings. The van der Waals surface area contributed by atoms with Crippen LogP contribution in [0, 0.1) is 0 Å². The molecule has 3 rings (SSSR count). The maximum atomic E-state index is 13.5. The van der Waals surface area contributed by atoms with Crippen molar-refractivity contribution in [1.82, 2.24) is 0 Å². The number of hydrogen-bond donors (Lipinski definition) is 1. The minimum absolute atomic E-state index is 0.0290. The number of sulfonamides is 1. The van der Waals surface area contributed by atoms with Gasteiger partial charge in [0.05, 0.1) is 28.9 Å². The van der Waals surface area contributed by atoms with Crippen LogP contribution in [0.1, 0.15) is 26.3 Å². The SMILES string of the molecule is CC(C)(C)OC(=O)Nc1ccc2c(c1)N(S(=O)(=O)c1cccc(C(F)(F)F)c1)CC(COS(C)(=O)=O)O2. The van der Waals surface area contributed by atoms with Gasteiger partial charge in [-0.3, -0.25) is 13.8 Å². The van der Waals surface area contributed by atoms with Crippen LogP contribution < -0.4 is 14.4 Å². The van der Waals surface area contributed by atoms with Gasteiger partial charge in [-0.1, -0.05) is 6.07 Å². The molecule has 1 N–H and O–H groups in total. The number of hydrogen-bond acceptors (Lipinski definition) is 8. The summed E-state index contributed by atoms with van der Waals surface area (Å²) in [5.41, 5.74) is -1.96. The first-order valence-electron chi connectivity index (χ1n) is 10.7. The number of halogens is 3. The van der Waals surface area contributed by atoms with Gasteiger partial charge in [0, 0.05) is 5.69 Å². The molecule has 37 heavy (non-hydrogen) atoms. The van der Waals surface area contributed by atoms with Gasteiger partial charge in [-0.15, -0.1) is 0 Å². The monoisotopic (exact) mass is 566 g/mol. The van der Waals surface area contributed by atoms with Crippen LogP contribution in [0.4, 0.5) is 29.3 Å². The van der Waals surface area contributed by atoms with Crippen molar-refractivity contribution in [2.45, 2.75) is 43.5 Å². The van der Waals surface area contributed by atoms with E-state index in [2.05, 4.69) is 5.32 Å². The molecule has 0 aliphatic carbocycles. The van der Waals surface area contributed by atoms with E-state index >= 15 is 0 Å². The highest BCUT2D eigenvalue weighted by Gasteiger charge is 2.37. The topological polar surface area (TPSA) is 128 Å². The zero-order valence-electron chi connectivity index (χ0n) is 20.2. The number of rotatable bonds is 6. The van der Waals surface area contributed by atoms with Gasteiger partial charge in [0.1, 0.15) is 24.1 Å². The number of fused-ring (bicyclic) bond motifs is 1. The lowest BCUT2D eigenvalue weighted by Crippen LogP contribution is -2.45. The van der Waals surface area contributed by atoms with Crippen molar-refractivity contribution in [1.29, 1.82) is 0 Å². The summed E-state index contributed by atoms with van der Waals surface area (Å²) < 4.78 is 106. The summed E-state index contributed by atoms with van der Waals surface area (Å²) in [4.78, 5) is 11.5. The largest absolute Gasteiger partial charge is 0.484 e. The van der Waals surface area contributed by atoms with Gasteiger partial charge >= 0.3 is 12.3 Å². The number of amides is 1. The van der Waals surface area contributed by atoms with E-state index in [1.807, 2.05) is 0 Å². The van der Waals surface area contributed by atoms with Crippen molar-refractivity contribution in [2.24, 2.45) is 0 Å². The molecule has 0 radical (unpaired) electrons. The quantitative estimate of drug-likeness (QED) is 0.520. The summed E-state index contributed by atoms with van der Waals surface area (Å²) >= 11 is 0. The van der Waals surface area contributed by atoms with Crippen LogP contribution in [0.3, 0.4) is 0 Å². The molecule has 2 aromatic carbocycles. The molecule has 0 saturated carbocycles. The average molecular weight is 567 g/mol. The lowest BCUT2D eigenvalue weighted by Gasteiger charge is -2.35. The maximum Gasteiger partial charge on any atom is 0.416 e. The van der Waals surface area contributed by atoms with Crippen LogP contribution in [0.25, 0.3) is 0 Å². The fourth-order valence-corrected chi connectivity index (χ4v) is 5.23. The zero-order chi connectivity index (χ0) is 27.8. The van der Waals surface area contributed by atoms with Crippen molar-refractivity contribution in [2.75, 3.05) is 29.0 Å². The van der Waals surface area contributed by atoms with Crippen LogP contribution in [0.2, 0.25) is 0 Å². The van der Waals surface area contributed by atoms with Gasteiger partial charge in [-0.25, -0.2) is 13.2 Å². The normalized spacial score (nSPS) is 16.5. The number of nitrogens with one attached hydrogen (secondary N) is 1. The van der Waals surface area contributed by atoms with Crippen LogP contribution >= 0.6 is 0 Å². The van der Waals surface area contributed by atoms with E-state index in [-0.39, 0.29) is 17.1 Å². The molecular weight excluding hydrogens is 541 g/mol. The Hall–Kier alpha value is -3.04. The van der Waals surface area contributed by atoms with E-state index < -0.39 is 67.7 Å². The molecule has 1 atom stereocenters. The number of carbonyl (C=O) groups is 1. The summed E-state index contributed by atoms with van der Waals surface area (Å²) in [5.74, 6) is -0.0290. The van der Waals surface area contributed by atoms with E-state index in [0.29, 0.717) is 6.07 Å². The summed E-state index contributed by atoms with van der Waals surface area (Å²) in [6.07, 6.45) is -5.93.